The monoisotopic (exact) mass is 339 g/mol. The van der Waals surface area contributed by atoms with Crippen LogP contribution in [0, 0.1) is 0 Å². The van der Waals surface area contributed by atoms with Gasteiger partial charge >= 0.3 is 5.97 Å². The number of hydrogen-bond acceptors (Lipinski definition) is 4. The van der Waals surface area contributed by atoms with Crippen molar-refractivity contribution in [3.05, 3.63) is 27.7 Å². The Bertz CT molecular complexity index is 602. The lowest BCUT2D eigenvalue weighted by Gasteiger charge is -2.09. The highest BCUT2D eigenvalue weighted by Gasteiger charge is 2.20. The average molecular weight is 340 g/mol. The SMILES string of the molecule is CCCCCOC(=O)c1cc(S(N)(=O)=O)cc(Cl)c1Cl. The molecule has 2 N–H and O–H groups in total. The Hall–Kier alpha value is -0.820. The predicted octanol–water partition coefficient (Wildman–Crippen LogP) is 2.99. The van der Waals surface area contributed by atoms with Crippen molar-refractivity contribution in [2.75, 3.05) is 6.61 Å². The van der Waals surface area contributed by atoms with E-state index in [-0.39, 0.29) is 27.1 Å². The second-order valence-electron chi connectivity index (χ2n) is 4.15. The number of primary sulfonamides is 1. The first kappa shape index (κ1) is 17.2. The van der Waals surface area contributed by atoms with Gasteiger partial charge in [-0.3, -0.25) is 0 Å². The van der Waals surface area contributed by atoms with Crippen molar-refractivity contribution in [2.45, 2.75) is 31.1 Å². The number of benzene rings is 1. The highest BCUT2D eigenvalue weighted by molar-refractivity contribution is 7.89. The Labute approximate surface area is 128 Å². The van der Waals surface area contributed by atoms with Gasteiger partial charge in [-0.25, -0.2) is 18.4 Å². The maximum Gasteiger partial charge on any atom is 0.339 e. The summed E-state index contributed by atoms with van der Waals surface area (Å²) < 4.78 is 27.6. The van der Waals surface area contributed by atoms with Crippen LogP contribution in [0.25, 0.3) is 0 Å². The second kappa shape index (κ2) is 7.26. The first-order chi connectivity index (χ1) is 9.27. The normalized spacial score (nSPS) is 11.4. The first-order valence-electron chi connectivity index (χ1n) is 5.96. The molecule has 0 fully saturated rings. The summed E-state index contributed by atoms with van der Waals surface area (Å²) in [4.78, 5) is 11.6. The number of rotatable bonds is 6. The summed E-state index contributed by atoms with van der Waals surface area (Å²) in [6.07, 6.45) is 2.65. The summed E-state index contributed by atoms with van der Waals surface area (Å²) in [5.41, 5.74) is -0.111. The van der Waals surface area contributed by atoms with Crippen molar-refractivity contribution in [3.63, 3.8) is 0 Å². The molecule has 0 radical (unpaired) electrons. The van der Waals surface area contributed by atoms with E-state index in [0.29, 0.717) is 0 Å². The molecule has 0 saturated heterocycles. The quantitative estimate of drug-likeness (QED) is 0.637. The highest BCUT2D eigenvalue weighted by Crippen LogP contribution is 2.29. The molecule has 0 aromatic heterocycles. The van der Waals surface area contributed by atoms with Crippen molar-refractivity contribution in [2.24, 2.45) is 5.14 Å². The third-order valence-corrected chi connectivity index (χ3v) is 4.23. The number of carbonyl (C=O) groups excluding carboxylic acids is 1. The molecular formula is C12H15Cl2NO4S. The molecule has 0 spiro atoms. The van der Waals surface area contributed by atoms with Gasteiger partial charge in [-0.1, -0.05) is 43.0 Å². The predicted molar refractivity (Wildman–Crippen MR) is 77.6 cm³/mol. The van der Waals surface area contributed by atoms with Crippen molar-refractivity contribution in [1.82, 2.24) is 0 Å². The van der Waals surface area contributed by atoms with Crippen LogP contribution < -0.4 is 5.14 Å². The number of nitrogens with two attached hydrogens (primary N) is 1. The molecule has 0 bridgehead atoms. The minimum atomic E-state index is -3.98. The van der Waals surface area contributed by atoms with E-state index in [1.54, 1.807) is 0 Å². The van der Waals surface area contributed by atoms with E-state index in [1.165, 1.54) is 0 Å². The fraction of sp³-hybridized carbons (Fsp3) is 0.417. The molecule has 1 rings (SSSR count). The van der Waals surface area contributed by atoms with Crippen LogP contribution in [0.5, 0.6) is 0 Å². The lowest BCUT2D eigenvalue weighted by molar-refractivity contribution is 0.0498. The van der Waals surface area contributed by atoms with Crippen LogP contribution in [0.2, 0.25) is 10.0 Å². The maximum absolute atomic E-state index is 11.9. The standard InChI is InChI=1S/C12H15Cl2NO4S/c1-2-3-4-5-19-12(16)9-6-8(20(15,17)18)7-10(13)11(9)14/h6-7H,2-5H2,1H3,(H2,15,17,18). The minimum Gasteiger partial charge on any atom is -0.462 e. The van der Waals surface area contributed by atoms with E-state index in [0.717, 1.165) is 31.4 Å². The lowest BCUT2D eigenvalue weighted by atomic mass is 10.2. The fourth-order valence-electron chi connectivity index (χ4n) is 1.47. The number of sulfonamides is 1. The summed E-state index contributed by atoms with van der Waals surface area (Å²) in [6, 6.07) is 2.15. The third-order valence-electron chi connectivity index (χ3n) is 2.53. The van der Waals surface area contributed by atoms with Crippen molar-refractivity contribution in [1.29, 1.82) is 0 Å². The zero-order valence-corrected chi connectivity index (χ0v) is 13.2. The van der Waals surface area contributed by atoms with Gasteiger partial charge in [0.1, 0.15) is 0 Å². The molecule has 0 heterocycles. The van der Waals surface area contributed by atoms with Gasteiger partial charge in [-0.2, -0.15) is 0 Å². The maximum atomic E-state index is 11.9. The zero-order chi connectivity index (χ0) is 15.3. The number of carbonyl (C=O) groups is 1. The van der Waals surface area contributed by atoms with Crippen LogP contribution in [0.3, 0.4) is 0 Å². The molecule has 112 valence electrons. The summed E-state index contributed by atoms with van der Waals surface area (Å²) in [6.45, 7) is 2.26. The van der Waals surface area contributed by atoms with Gasteiger partial charge in [0.05, 0.1) is 27.1 Å². The van der Waals surface area contributed by atoms with E-state index in [2.05, 4.69) is 0 Å². The fourth-order valence-corrected chi connectivity index (χ4v) is 2.51. The minimum absolute atomic E-state index is 0.0560. The second-order valence-corrected chi connectivity index (χ2v) is 6.50. The van der Waals surface area contributed by atoms with Crippen LogP contribution in [0.4, 0.5) is 0 Å². The van der Waals surface area contributed by atoms with E-state index < -0.39 is 16.0 Å². The van der Waals surface area contributed by atoms with Crippen LogP contribution >= 0.6 is 23.2 Å². The molecule has 0 amide bonds. The number of halogens is 2. The van der Waals surface area contributed by atoms with Crippen LogP contribution in [-0.2, 0) is 14.8 Å². The van der Waals surface area contributed by atoms with Crippen LogP contribution in [0.1, 0.15) is 36.5 Å². The van der Waals surface area contributed by atoms with Gasteiger partial charge < -0.3 is 4.74 Å². The Morgan fingerprint density at radius 2 is 1.95 bits per heavy atom. The first-order valence-corrected chi connectivity index (χ1v) is 8.26. The molecule has 0 aliphatic carbocycles. The van der Waals surface area contributed by atoms with Gasteiger partial charge in [0.25, 0.3) is 0 Å². The Morgan fingerprint density at radius 3 is 2.50 bits per heavy atom. The molecule has 1 aromatic rings. The molecule has 1 aromatic carbocycles. The molecule has 0 unspecified atom stereocenters. The van der Waals surface area contributed by atoms with E-state index >= 15 is 0 Å². The van der Waals surface area contributed by atoms with Crippen molar-refractivity contribution in [3.8, 4) is 0 Å². The van der Waals surface area contributed by atoms with Crippen molar-refractivity contribution < 1.29 is 17.9 Å². The van der Waals surface area contributed by atoms with Crippen LogP contribution in [-0.4, -0.2) is 21.0 Å². The Kier molecular flexibility index (Phi) is 6.26. The molecular weight excluding hydrogens is 325 g/mol. The van der Waals surface area contributed by atoms with Crippen LogP contribution in [0.15, 0.2) is 17.0 Å². The Balaban J connectivity index is 2.99. The number of hydrogen-bond donors (Lipinski definition) is 1. The molecule has 0 aliphatic rings. The zero-order valence-electron chi connectivity index (χ0n) is 10.9. The molecule has 8 heteroatoms. The highest BCUT2D eigenvalue weighted by atomic mass is 35.5. The number of unbranched alkanes of at least 4 members (excludes halogenated alkanes) is 2. The average Bonchev–Trinajstić information content (AvgIpc) is 2.36. The molecule has 5 nitrogen and oxygen atoms in total. The molecule has 0 saturated carbocycles. The summed E-state index contributed by atoms with van der Waals surface area (Å²) in [5, 5.41) is 4.88. The van der Waals surface area contributed by atoms with Gasteiger partial charge in [-0.15, -0.1) is 0 Å². The van der Waals surface area contributed by atoms with Gasteiger partial charge in [0.15, 0.2) is 0 Å². The Morgan fingerprint density at radius 1 is 1.30 bits per heavy atom. The van der Waals surface area contributed by atoms with E-state index in [9.17, 15) is 13.2 Å². The summed E-state index contributed by atoms with van der Waals surface area (Å²) in [5.74, 6) is -0.724. The van der Waals surface area contributed by atoms with E-state index in [1.807, 2.05) is 6.92 Å². The lowest BCUT2D eigenvalue weighted by Crippen LogP contribution is -2.14. The molecule has 20 heavy (non-hydrogen) atoms. The largest absolute Gasteiger partial charge is 0.462 e. The van der Waals surface area contributed by atoms with Crippen molar-refractivity contribution >= 4 is 39.2 Å². The number of esters is 1. The van der Waals surface area contributed by atoms with E-state index in [4.69, 9.17) is 33.1 Å². The van der Waals surface area contributed by atoms with Gasteiger partial charge in [0, 0.05) is 0 Å². The number of ether oxygens (including phenoxy) is 1. The molecule has 0 atom stereocenters. The summed E-state index contributed by atoms with van der Waals surface area (Å²) >= 11 is 11.7. The smallest absolute Gasteiger partial charge is 0.339 e. The third kappa shape index (κ3) is 4.63. The topological polar surface area (TPSA) is 86.5 Å². The summed E-state index contributed by atoms with van der Waals surface area (Å²) in [7, 11) is -3.98. The van der Waals surface area contributed by atoms with Gasteiger partial charge in [0.2, 0.25) is 10.0 Å². The van der Waals surface area contributed by atoms with Gasteiger partial charge in [-0.05, 0) is 18.6 Å². The molecule has 0 aliphatic heterocycles.